The highest BCUT2D eigenvalue weighted by atomic mass is 19.1. The Bertz CT molecular complexity index is 932. The van der Waals surface area contributed by atoms with Crippen molar-refractivity contribution in [3.63, 3.8) is 0 Å². The number of rotatable bonds is 7. The van der Waals surface area contributed by atoms with Crippen LogP contribution in [-0.2, 0) is 6.42 Å². The number of halogens is 1. The van der Waals surface area contributed by atoms with E-state index >= 15 is 0 Å². The molecule has 0 radical (unpaired) electrons. The average molecular weight is 366 g/mol. The van der Waals surface area contributed by atoms with Gasteiger partial charge < -0.3 is 10.6 Å². The van der Waals surface area contributed by atoms with Crippen LogP contribution in [0.1, 0.15) is 27.9 Å². The van der Waals surface area contributed by atoms with E-state index in [1.165, 1.54) is 23.0 Å². The molecule has 3 rings (SSSR count). The van der Waals surface area contributed by atoms with Gasteiger partial charge in [-0.1, -0.05) is 18.2 Å². The molecule has 0 aliphatic rings. The van der Waals surface area contributed by atoms with Gasteiger partial charge in [0.15, 0.2) is 5.78 Å². The van der Waals surface area contributed by atoms with Gasteiger partial charge in [0.05, 0.1) is 17.4 Å². The smallest absolute Gasteiger partial charge is 0.198 e. The number of ketones is 1. The first-order valence-electron chi connectivity index (χ1n) is 8.83. The summed E-state index contributed by atoms with van der Waals surface area (Å²) in [5, 5.41) is 4.20. The van der Waals surface area contributed by atoms with E-state index in [9.17, 15) is 9.18 Å². The van der Waals surface area contributed by atoms with Crippen molar-refractivity contribution in [2.45, 2.75) is 12.8 Å². The van der Waals surface area contributed by atoms with Crippen LogP contribution in [0, 0.1) is 5.82 Å². The fourth-order valence-corrected chi connectivity index (χ4v) is 2.94. The second kappa shape index (κ2) is 8.14. The number of nitrogen functional groups attached to an aromatic ring is 1. The van der Waals surface area contributed by atoms with Gasteiger partial charge in [-0.2, -0.15) is 5.10 Å². The third kappa shape index (κ3) is 4.41. The third-order valence-electron chi connectivity index (χ3n) is 4.38. The summed E-state index contributed by atoms with van der Waals surface area (Å²) >= 11 is 0. The van der Waals surface area contributed by atoms with Crippen molar-refractivity contribution in [1.29, 1.82) is 0 Å². The van der Waals surface area contributed by atoms with Crippen LogP contribution in [0.5, 0.6) is 0 Å². The summed E-state index contributed by atoms with van der Waals surface area (Å²) in [6.45, 7) is 0.996. The van der Waals surface area contributed by atoms with Crippen LogP contribution in [-0.4, -0.2) is 41.1 Å². The highest BCUT2D eigenvalue weighted by molar-refractivity contribution is 6.11. The highest BCUT2D eigenvalue weighted by Crippen LogP contribution is 2.21. The minimum atomic E-state index is -0.341. The average Bonchev–Trinajstić information content (AvgIpc) is 3.03. The lowest BCUT2D eigenvalue weighted by Crippen LogP contribution is -2.13. The summed E-state index contributed by atoms with van der Waals surface area (Å²) in [6, 6.07) is 13.4. The van der Waals surface area contributed by atoms with E-state index in [1.807, 2.05) is 32.3 Å². The van der Waals surface area contributed by atoms with Crippen molar-refractivity contribution in [2.24, 2.45) is 0 Å². The van der Waals surface area contributed by atoms with E-state index in [4.69, 9.17) is 5.73 Å². The topological polar surface area (TPSA) is 64.2 Å². The van der Waals surface area contributed by atoms with Crippen LogP contribution in [0.25, 0.3) is 5.69 Å². The summed E-state index contributed by atoms with van der Waals surface area (Å²) < 4.78 is 14.5. The van der Waals surface area contributed by atoms with Crippen LogP contribution < -0.4 is 5.73 Å². The number of hydrogen-bond acceptors (Lipinski definition) is 4. The summed E-state index contributed by atoms with van der Waals surface area (Å²) in [4.78, 5) is 15.0. The number of aromatic nitrogens is 2. The molecule has 0 bridgehead atoms. The zero-order valence-corrected chi connectivity index (χ0v) is 15.5. The van der Waals surface area contributed by atoms with E-state index in [2.05, 4.69) is 10.00 Å². The van der Waals surface area contributed by atoms with Crippen molar-refractivity contribution < 1.29 is 9.18 Å². The first-order valence-corrected chi connectivity index (χ1v) is 8.83. The Balaban J connectivity index is 1.81. The second-order valence-corrected chi connectivity index (χ2v) is 6.77. The molecule has 6 heteroatoms. The van der Waals surface area contributed by atoms with Gasteiger partial charge >= 0.3 is 0 Å². The zero-order valence-electron chi connectivity index (χ0n) is 15.5. The Morgan fingerprint density at radius 2 is 1.93 bits per heavy atom. The molecule has 1 aromatic heterocycles. The molecule has 0 fully saturated rings. The summed E-state index contributed by atoms with van der Waals surface area (Å²) in [5.41, 5.74) is 8.79. The molecule has 0 saturated carbocycles. The first kappa shape index (κ1) is 18.8. The number of nitrogens with two attached hydrogens (primary N) is 1. The number of carbonyl (C=O) groups is 1. The van der Waals surface area contributed by atoms with Gasteiger partial charge in [0.25, 0.3) is 0 Å². The molecule has 5 nitrogen and oxygen atoms in total. The molecular formula is C21H23FN4O. The highest BCUT2D eigenvalue weighted by Gasteiger charge is 2.18. The molecule has 0 atom stereocenters. The predicted molar refractivity (Wildman–Crippen MR) is 105 cm³/mol. The van der Waals surface area contributed by atoms with E-state index in [0.717, 1.165) is 24.9 Å². The molecule has 1 heterocycles. The molecule has 0 aliphatic heterocycles. The van der Waals surface area contributed by atoms with Crippen molar-refractivity contribution in [1.82, 2.24) is 14.7 Å². The van der Waals surface area contributed by atoms with Crippen LogP contribution in [0.4, 0.5) is 10.2 Å². The number of carbonyl (C=O) groups excluding carboxylic acids is 1. The molecule has 3 aromatic rings. The van der Waals surface area contributed by atoms with E-state index in [0.29, 0.717) is 16.8 Å². The van der Waals surface area contributed by atoms with Crippen molar-refractivity contribution in [3.05, 3.63) is 77.2 Å². The van der Waals surface area contributed by atoms with Gasteiger partial charge in [0.1, 0.15) is 11.6 Å². The maximum atomic E-state index is 13.1. The molecular weight excluding hydrogens is 343 g/mol. The Kier molecular flexibility index (Phi) is 5.66. The number of nitrogens with zero attached hydrogens (tertiary/aromatic N) is 3. The van der Waals surface area contributed by atoms with Crippen LogP contribution in [0.2, 0.25) is 0 Å². The minimum Gasteiger partial charge on any atom is -0.383 e. The Morgan fingerprint density at radius 1 is 1.19 bits per heavy atom. The van der Waals surface area contributed by atoms with Gasteiger partial charge in [-0.15, -0.1) is 0 Å². The predicted octanol–water partition coefficient (Wildman–Crippen LogP) is 3.32. The second-order valence-electron chi connectivity index (χ2n) is 6.77. The SMILES string of the molecule is CN(C)CCCc1cccc(C(=O)c2cnn(-c3ccc(F)cc3)c2N)c1. The summed E-state index contributed by atoms with van der Waals surface area (Å²) in [7, 11) is 4.09. The lowest BCUT2D eigenvalue weighted by Gasteiger charge is -2.09. The van der Waals surface area contributed by atoms with Crippen LogP contribution >= 0.6 is 0 Å². The van der Waals surface area contributed by atoms with Gasteiger partial charge in [0.2, 0.25) is 0 Å². The van der Waals surface area contributed by atoms with E-state index in [-0.39, 0.29) is 17.4 Å². The zero-order chi connectivity index (χ0) is 19.4. The van der Waals surface area contributed by atoms with Gasteiger partial charge in [0, 0.05) is 5.56 Å². The normalized spacial score (nSPS) is 11.1. The Morgan fingerprint density at radius 3 is 2.63 bits per heavy atom. The van der Waals surface area contributed by atoms with Gasteiger partial charge in [-0.3, -0.25) is 4.79 Å². The number of anilines is 1. The minimum absolute atomic E-state index is 0.171. The fraction of sp³-hybridized carbons (Fsp3) is 0.238. The lowest BCUT2D eigenvalue weighted by molar-refractivity contribution is 0.103. The number of aryl methyl sites for hydroxylation is 1. The summed E-state index contributed by atoms with van der Waals surface area (Å²) in [6.07, 6.45) is 3.39. The number of benzene rings is 2. The van der Waals surface area contributed by atoms with Crippen molar-refractivity contribution in [2.75, 3.05) is 26.4 Å². The fourth-order valence-electron chi connectivity index (χ4n) is 2.94. The van der Waals surface area contributed by atoms with E-state index in [1.54, 1.807) is 18.2 Å². The lowest BCUT2D eigenvalue weighted by atomic mass is 10.0. The van der Waals surface area contributed by atoms with Crippen LogP contribution in [0.3, 0.4) is 0 Å². The van der Waals surface area contributed by atoms with Gasteiger partial charge in [-0.25, -0.2) is 9.07 Å². The molecule has 2 N–H and O–H groups in total. The third-order valence-corrected chi connectivity index (χ3v) is 4.38. The molecule has 27 heavy (non-hydrogen) atoms. The van der Waals surface area contributed by atoms with Crippen LogP contribution in [0.15, 0.2) is 54.7 Å². The Labute approximate surface area is 158 Å². The molecule has 0 spiro atoms. The molecule has 140 valence electrons. The molecule has 2 aromatic carbocycles. The molecule has 0 saturated heterocycles. The quantitative estimate of drug-likeness (QED) is 0.652. The molecule has 0 unspecified atom stereocenters. The van der Waals surface area contributed by atoms with Gasteiger partial charge in [-0.05, 0) is 69.4 Å². The summed E-state index contributed by atoms with van der Waals surface area (Å²) in [5.74, 6) is -0.271. The molecule has 0 aliphatic carbocycles. The number of hydrogen-bond donors (Lipinski definition) is 1. The molecule has 0 amide bonds. The van der Waals surface area contributed by atoms with Crippen molar-refractivity contribution in [3.8, 4) is 5.69 Å². The first-order chi connectivity index (χ1) is 13.0. The largest absolute Gasteiger partial charge is 0.383 e. The maximum Gasteiger partial charge on any atom is 0.198 e. The van der Waals surface area contributed by atoms with E-state index < -0.39 is 0 Å². The monoisotopic (exact) mass is 366 g/mol. The Hall–Kier alpha value is -2.99. The standard InChI is InChI=1S/C21H23FN4O/c1-25(2)12-4-6-15-5-3-7-16(13-15)20(27)19-14-24-26(21(19)23)18-10-8-17(22)9-11-18/h3,5,7-11,13-14H,4,6,12,23H2,1-2H3. The maximum absolute atomic E-state index is 13.1. The van der Waals surface area contributed by atoms with Crippen molar-refractivity contribution >= 4 is 11.6 Å².